The third-order valence-electron chi connectivity index (χ3n) is 3.74. The molecule has 0 unspecified atom stereocenters. The van der Waals surface area contributed by atoms with Crippen molar-refractivity contribution in [3.63, 3.8) is 0 Å². The van der Waals surface area contributed by atoms with Crippen LogP contribution >= 0.6 is 15.9 Å². The maximum absolute atomic E-state index is 12.5. The number of hydrogen-bond donors (Lipinski definition) is 1. The zero-order chi connectivity index (χ0) is 19.1. The van der Waals surface area contributed by atoms with Gasteiger partial charge in [-0.2, -0.15) is 5.10 Å². The Morgan fingerprint density at radius 1 is 1.22 bits per heavy atom. The minimum Gasteiger partial charge on any atom is -0.488 e. The highest BCUT2D eigenvalue weighted by molar-refractivity contribution is 9.10. The maximum Gasteiger partial charge on any atom is 0.255 e. The number of carbonyl (C=O) groups excluding carboxylic acids is 1. The van der Waals surface area contributed by atoms with Crippen LogP contribution in [0.15, 0.2) is 65.4 Å². The van der Waals surface area contributed by atoms with Gasteiger partial charge in [0.1, 0.15) is 19.1 Å². The van der Waals surface area contributed by atoms with Gasteiger partial charge in [0.2, 0.25) is 0 Å². The summed E-state index contributed by atoms with van der Waals surface area (Å²) in [6.45, 7) is 3.25. The van der Waals surface area contributed by atoms with Crippen LogP contribution in [0, 0.1) is 0 Å². The minimum atomic E-state index is -0.200. The number of rotatable bonds is 8. The second-order valence-corrected chi connectivity index (χ2v) is 6.62. The van der Waals surface area contributed by atoms with Crippen molar-refractivity contribution in [3.8, 4) is 5.75 Å². The predicted molar refractivity (Wildman–Crippen MR) is 107 cm³/mol. The van der Waals surface area contributed by atoms with Crippen molar-refractivity contribution in [2.24, 2.45) is 0 Å². The van der Waals surface area contributed by atoms with Gasteiger partial charge in [-0.15, -0.1) is 0 Å². The Morgan fingerprint density at radius 2 is 2.07 bits per heavy atom. The molecule has 1 heterocycles. The summed E-state index contributed by atoms with van der Waals surface area (Å²) in [4.78, 5) is 12.5. The summed E-state index contributed by atoms with van der Waals surface area (Å²) >= 11 is 3.46. The lowest BCUT2D eigenvalue weighted by Crippen LogP contribution is -2.12. The van der Waals surface area contributed by atoms with Crippen LogP contribution in [0.5, 0.6) is 5.75 Å². The number of nitrogens with zero attached hydrogens (tertiary/aromatic N) is 2. The molecule has 0 bridgehead atoms. The number of nitrogens with one attached hydrogen (secondary N) is 1. The van der Waals surface area contributed by atoms with Gasteiger partial charge in [0.25, 0.3) is 5.91 Å². The van der Waals surface area contributed by atoms with Crippen LogP contribution in [-0.2, 0) is 18.1 Å². The molecule has 0 aliphatic rings. The minimum absolute atomic E-state index is 0.200. The van der Waals surface area contributed by atoms with Crippen LogP contribution in [0.4, 0.5) is 5.69 Å². The van der Waals surface area contributed by atoms with E-state index in [1.807, 2.05) is 49.4 Å². The normalized spacial score (nSPS) is 10.6. The highest BCUT2D eigenvalue weighted by Gasteiger charge is 2.09. The summed E-state index contributed by atoms with van der Waals surface area (Å²) in [6, 6.07) is 15.0. The molecular weight excluding hydrogens is 410 g/mol. The first-order chi connectivity index (χ1) is 13.2. The molecule has 0 fully saturated rings. The zero-order valence-corrected chi connectivity index (χ0v) is 16.5. The van der Waals surface area contributed by atoms with E-state index in [0.29, 0.717) is 31.2 Å². The highest BCUT2D eigenvalue weighted by atomic mass is 79.9. The number of benzene rings is 2. The van der Waals surface area contributed by atoms with Crippen molar-refractivity contribution in [2.45, 2.75) is 20.3 Å². The number of hydrogen-bond acceptors (Lipinski definition) is 4. The third kappa shape index (κ3) is 5.42. The monoisotopic (exact) mass is 429 g/mol. The summed E-state index contributed by atoms with van der Waals surface area (Å²) in [6.07, 6.45) is 3.32. The molecule has 1 N–H and O–H groups in total. The molecule has 1 amide bonds. The van der Waals surface area contributed by atoms with E-state index in [2.05, 4.69) is 26.3 Å². The van der Waals surface area contributed by atoms with Crippen molar-refractivity contribution in [2.75, 3.05) is 11.9 Å². The van der Waals surface area contributed by atoms with Gasteiger partial charge in [0.15, 0.2) is 0 Å². The van der Waals surface area contributed by atoms with E-state index in [9.17, 15) is 4.79 Å². The SMILES string of the molecule is CCOCn1cc(NC(=O)c2cccc(COc3ccccc3Br)c2)cn1. The molecule has 0 aliphatic heterocycles. The lowest BCUT2D eigenvalue weighted by molar-refractivity contribution is 0.0792. The summed E-state index contributed by atoms with van der Waals surface area (Å²) in [7, 11) is 0. The number of para-hydroxylation sites is 1. The molecule has 0 saturated carbocycles. The lowest BCUT2D eigenvalue weighted by atomic mass is 10.1. The summed E-state index contributed by atoms with van der Waals surface area (Å²) in [5.74, 6) is 0.558. The molecular formula is C20H20BrN3O3. The van der Waals surface area contributed by atoms with Gasteiger partial charge in [-0.25, -0.2) is 4.68 Å². The largest absolute Gasteiger partial charge is 0.488 e. The standard InChI is InChI=1S/C20H20BrN3O3/c1-2-26-14-24-12-17(11-22-24)23-20(25)16-7-5-6-15(10-16)13-27-19-9-4-3-8-18(19)21/h3-12H,2,13-14H2,1H3,(H,23,25). The summed E-state index contributed by atoms with van der Waals surface area (Å²) in [5.41, 5.74) is 2.08. The number of carbonyl (C=O) groups is 1. The van der Waals surface area contributed by atoms with E-state index in [0.717, 1.165) is 15.8 Å². The number of amides is 1. The van der Waals surface area contributed by atoms with Gasteiger partial charge in [0, 0.05) is 12.2 Å². The van der Waals surface area contributed by atoms with Crippen molar-refractivity contribution in [1.82, 2.24) is 9.78 Å². The molecule has 0 atom stereocenters. The van der Waals surface area contributed by atoms with Crippen molar-refractivity contribution < 1.29 is 14.3 Å². The fourth-order valence-corrected chi connectivity index (χ4v) is 2.81. The summed E-state index contributed by atoms with van der Waals surface area (Å²) in [5, 5.41) is 6.98. The van der Waals surface area contributed by atoms with Gasteiger partial charge in [0.05, 0.1) is 22.6 Å². The molecule has 140 valence electrons. The second-order valence-electron chi connectivity index (χ2n) is 5.76. The molecule has 3 rings (SSSR count). The first-order valence-electron chi connectivity index (χ1n) is 8.53. The van der Waals surface area contributed by atoms with Crippen LogP contribution in [0.2, 0.25) is 0 Å². The molecule has 3 aromatic rings. The first-order valence-corrected chi connectivity index (χ1v) is 9.33. The molecule has 7 heteroatoms. The molecule has 1 aromatic heterocycles. The van der Waals surface area contributed by atoms with Gasteiger partial charge in [-0.1, -0.05) is 24.3 Å². The second kappa shape index (κ2) is 9.34. The molecule has 0 radical (unpaired) electrons. The Morgan fingerprint density at radius 3 is 2.89 bits per heavy atom. The Labute approximate surface area is 166 Å². The Balaban J connectivity index is 1.61. The van der Waals surface area contributed by atoms with Crippen molar-refractivity contribution >= 4 is 27.5 Å². The van der Waals surface area contributed by atoms with Gasteiger partial charge in [-0.05, 0) is 52.7 Å². The molecule has 6 nitrogen and oxygen atoms in total. The van der Waals surface area contributed by atoms with E-state index in [1.54, 1.807) is 23.1 Å². The van der Waals surface area contributed by atoms with E-state index in [-0.39, 0.29) is 5.91 Å². The van der Waals surface area contributed by atoms with Gasteiger partial charge >= 0.3 is 0 Å². The van der Waals surface area contributed by atoms with E-state index >= 15 is 0 Å². The fraction of sp³-hybridized carbons (Fsp3) is 0.200. The number of halogens is 1. The molecule has 0 spiro atoms. The Kier molecular flexibility index (Phi) is 6.62. The van der Waals surface area contributed by atoms with Gasteiger partial charge in [-0.3, -0.25) is 4.79 Å². The van der Waals surface area contributed by atoms with E-state index in [1.165, 1.54) is 0 Å². The molecule has 0 aliphatic carbocycles. The first kappa shape index (κ1) is 19.1. The van der Waals surface area contributed by atoms with Gasteiger partial charge < -0.3 is 14.8 Å². The van der Waals surface area contributed by atoms with Crippen molar-refractivity contribution in [1.29, 1.82) is 0 Å². The van der Waals surface area contributed by atoms with E-state index < -0.39 is 0 Å². The average molecular weight is 430 g/mol. The molecule has 0 saturated heterocycles. The van der Waals surface area contributed by atoms with Crippen LogP contribution in [-0.4, -0.2) is 22.3 Å². The summed E-state index contributed by atoms with van der Waals surface area (Å²) < 4.78 is 13.6. The molecule has 2 aromatic carbocycles. The van der Waals surface area contributed by atoms with Crippen LogP contribution in [0.25, 0.3) is 0 Å². The fourth-order valence-electron chi connectivity index (χ4n) is 2.41. The van der Waals surface area contributed by atoms with Crippen LogP contribution < -0.4 is 10.1 Å². The Hall–Kier alpha value is -2.64. The average Bonchev–Trinajstić information content (AvgIpc) is 3.13. The highest BCUT2D eigenvalue weighted by Crippen LogP contribution is 2.24. The van der Waals surface area contributed by atoms with E-state index in [4.69, 9.17) is 9.47 Å². The zero-order valence-electron chi connectivity index (χ0n) is 14.9. The quantitative estimate of drug-likeness (QED) is 0.573. The maximum atomic E-state index is 12.5. The number of ether oxygens (including phenoxy) is 2. The smallest absolute Gasteiger partial charge is 0.255 e. The Bertz CT molecular complexity index is 911. The van der Waals surface area contributed by atoms with Crippen LogP contribution in [0.3, 0.4) is 0 Å². The van der Waals surface area contributed by atoms with Crippen LogP contribution in [0.1, 0.15) is 22.8 Å². The van der Waals surface area contributed by atoms with Crippen molar-refractivity contribution in [3.05, 3.63) is 76.5 Å². The molecule has 27 heavy (non-hydrogen) atoms. The number of aromatic nitrogens is 2. The number of anilines is 1. The topological polar surface area (TPSA) is 65.4 Å². The third-order valence-corrected chi connectivity index (χ3v) is 4.39. The predicted octanol–water partition coefficient (Wildman–Crippen LogP) is 4.47. The lowest BCUT2D eigenvalue weighted by Gasteiger charge is -2.09.